The quantitative estimate of drug-likeness (QED) is 0.805. The molecule has 1 unspecified atom stereocenters. The van der Waals surface area contributed by atoms with Crippen LogP contribution in [0.1, 0.15) is 6.42 Å². The Kier molecular flexibility index (Phi) is 4.01. The fraction of sp³-hybridized carbons (Fsp3) is 0.267. The molecule has 1 saturated heterocycles. The minimum Gasteiger partial charge on any atom is -0.312 e. The van der Waals surface area contributed by atoms with Gasteiger partial charge in [-0.15, -0.1) is 3.89 Å². The third kappa shape index (κ3) is 3.36. The molecular formula is C15H14FNO3S2. The van der Waals surface area contributed by atoms with Crippen molar-refractivity contribution in [3.05, 3.63) is 41.1 Å². The Morgan fingerprint density at radius 3 is 2.77 bits per heavy atom. The van der Waals surface area contributed by atoms with Gasteiger partial charge in [-0.1, -0.05) is 12.1 Å². The average Bonchev–Trinajstić information content (AvgIpc) is 3.07. The molecule has 0 bridgehead atoms. The van der Waals surface area contributed by atoms with Crippen molar-refractivity contribution in [1.29, 1.82) is 0 Å². The van der Waals surface area contributed by atoms with Crippen LogP contribution in [0.4, 0.5) is 9.57 Å². The highest BCUT2D eigenvalue weighted by Gasteiger charge is 2.33. The summed E-state index contributed by atoms with van der Waals surface area (Å²) in [6.45, 7) is 0.231. The first-order valence-corrected chi connectivity index (χ1v) is 9.27. The number of anilines is 1. The van der Waals surface area contributed by atoms with Crippen LogP contribution in [0, 0.1) is 5.92 Å². The van der Waals surface area contributed by atoms with Gasteiger partial charge in [-0.25, -0.2) is 0 Å². The second kappa shape index (κ2) is 5.81. The van der Waals surface area contributed by atoms with Gasteiger partial charge in [0.1, 0.15) is 0 Å². The summed E-state index contributed by atoms with van der Waals surface area (Å²) in [6.07, 6.45) is 0.0613. The third-order valence-corrected chi connectivity index (χ3v) is 5.21. The molecule has 2 heterocycles. The summed E-state index contributed by atoms with van der Waals surface area (Å²) in [5.74, 6) is -1.26. The van der Waals surface area contributed by atoms with E-state index in [4.69, 9.17) is 0 Å². The van der Waals surface area contributed by atoms with Crippen LogP contribution in [0.2, 0.25) is 0 Å². The molecule has 1 atom stereocenters. The molecule has 1 fully saturated rings. The van der Waals surface area contributed by atoms with Gasteiger partial charge in [0.2, 0.25) is 5.91 Å². The summed E-state index contributed by atoms with van der Waals surface area (Å²) < 4.78 is 34.3. The molecule has 1 aromatic heterocycles. The number of carbonyl (C=O) groups excluding carboxylic acids is 1. The standard InChI is InChI=1S/C15H14FNO3S2/c16-22(19,20)10-11-6-15(18)17(8-11)14-3-1-2-12(7-14)13-4-5-21-9-13/h1-5,7,9,11H,6,8,10H2. The molecule has 0 spiro atoms. The van der Waals surface area contributed by atoms with E-state index in [1.165, 1.54) is 4.90 Å². The van der Waals surface area contributed by atoms with Crippen LogP contribution in [0.5, 0.6) is 0 Å². The Morgan fingerprint density at radius 1 is 1.27 bits per heavy atom. The summed E-state index contributed by atoms with van der Waals surface area (Å²) in [6, 6.07) is 9.50. The summed E-state index contributed by atoms with van der Waals surface area (Å²) in [5, 5.41) is 3.99. The molecule has 3 rings (SSSR count). The first-order chi connectivity index (χ1) is 10.4. The largest absolute Gasteiger partial charge is 0.312 e. The highest BCUT2D eigenvalue weighted by Crippen LogP contribution is 2.30. The van der Waals surface area contributed by atoms with Crippen LogP contribution in [0.3, 0.4) is 0 Å². The molecule has 0 aliphatic carbocycles. The average molecular weight is 339 g/mol. The molecule has 22 heavy (non-hydrogen) atoms. The van der Waals surface area contributed by atoms with E-state index in [2.05, 4.69) is 0 Å². The zero-order valence-electron chi connectivity index (χ0n) is 11.6. The molecule has 0 N–H and O–H groups in total. The Balaban J connectivity index is 1.83. The van der Waals surface area contributed by atoms with E-state index in [1.807, 2.05) is 35.0 Å². The zero-order valence-corrected chi connectivity index (χ0v) is 13.2. The maximum Gasteiger partial charge on any atom is 0.302 e. The number of nitrogens with zero attached hydrogens (tertiary/aromatic N) is 1. The van der Waals surface area contributed by atoms with Gasteiger partial charge in [-0.2, -0.15) is 19.8 Å². The number of amides is 1. The minimum absolute atomic E-state index is 0.0613. The number of halogens is 1. The van der Waals surface area contributed by atoms with Gasteiger partial charge in [0.25, 0.3) is 0 Å². The van der Waals surface area contributed by atoms with E-state index in [-0.39, 0.29) is 18.9 Å². The fourth-order valence-corrected chi connectivity index (χ4v) is 4.16. The Hall–Kier alpha value is -1.73. The summed E-state index contributed by atoms with van der Waals surface area (Å²) in [7, 11) is -4.56. The van der Waals surface area contributed by atoms with Crippen molar-refractivity contribution < 1.29 is 17.1 Å². The smallest absolute Gasteiger partial charge is 0.302 e. The van der Waals surface area contributed by atoms with E-state index in [1.54, 1.807) is 17.4 Å². The van der Waals surface area contributed by atoms with Crippen molar-refractivity contribution >= 4 is 33.2 Å². The molecule has 1 aliphatic rings. The molecule has 1 amide bonds. The van der Waals surface area contributed by atoms with Crippen LogP contribution in [-0.2, 0) is 15.0 Å². The van der Waals surface area contributed by atoms with Crippen LogP contribution in [0.25, 0.3) is 11.1 Å². The molecule has 2 aromatic rings. The van der Waals surface area contributed by atoms with Gasteiger partial charge >= 0.3 is 10.2 Å². The van der Waals surface area contributed by atoms with Gasteiger partial charge in [-0.3, -0.25) is 4.79 Å². The van der Waals surface area contributed by atoms with E-state index in [0.717, 1.165) is 11.1 Å². The SMILES string of the molecule is O=C1CC(CS(=O)(=O)F)CN1c1cccc(-c2ccsc2)c1. The molecule has 0 radical (unpaired) electrons. The van der Waals surface area contributed by atoms with E-state index in [9.17, 15) is 17.1 Å². The topological polar surface area (TPSA) is 54.5 Å². The van der Waals surface area contributed by atoms with Crippen LogP contribution in [0.15, 0.2) is 41.1 Å². The normalized spacial score (nSPS) is 18.9. The first kappa shape index (κ1) is 15.2. The number of thiophene rings is 1. The Morgan fingerprint density at radius 2 is 2.09 bits per heavy atom. The Bertz CT molecular complexity index is 787. The second-order valence-corrected chi connectivity index (χ2v) is 7.53. The lowest BCUT2D eigenvalue weighted by atomic mass is 10.1. The lowest BCUT2D eigenvalue weighted by molar-refractivity contribution is -0.117. The maximum atomic E-state index is 12.8. The predicted octanol–water partition coefficient (Wildman–Crippen LogP) is 3.07. The van der Waals surface area contributed by atoms with E-state index < -0.39 is 21.9 Å². The number of hydrogen-bond acceptors (Lipinski definition) is 4. The second-order valence-electron chi connectivity index (χ2n) is 5.34. The number of benzene rings is 1. The van der Waals surface area contributed by atoms with E-state index >= 15 is 0 Å². The van der Waals surface area contributed by atoms with Crippen LogP contribution < -0.4 is 4.90 Å². The van der Waals surface area contributed by atoms with Gasteiger partial charge in [-0.05, 0) is 40.1 Å². The molecule has 4 nitrogen and oxygen atoms in total. The highest BCUT2D eigenvalue weighted by atomic mass is 32.3. The summed E-state index contributed by atoms with van der Waals surface area (Å²) in [4.78, 5) is 13.6. The molecule has 1 aromatic carbocycles. The minimum atomic E-state index is -4.56. The molecule has 0 saturated carbocycles. The number of rotatable bonds is 4. The van der Waals surface area contributed by atoms with E-state index in [0.29, 0.717) is 5.69 Å². The third-order valence-electron chi connectivity index (χ3n) is 3.65. The van der Waals surface area contributed by atoms with Crippen molar-refractivity contribution in [2.45, 2.75) is 6.42 Å². The van der Waals surface area contributed by atoms with Crippen molar-refractivity contribution in [2.75, 3.05) is 17.2 Å². The monoisotopic (exact) mass is 339 g/mol. The van der Waals surface area contributed by atoms with Crippen LogP contribution in [-0.4, -0.2) is 26.6 Å². The van der Waals surface area contributed by atoms with Crippen molar-refractivity contribution in [2.24, 2.45) is 5.92 Å². The number of hydrogen-bond donors (Lipinski definition) is 0. The van der Waals surface area contributed by atoms with Gasteiger partial charge < -0.3 is 4.90 Å². The van der Waals surface area contributed by atoms with Crippen molar-refractivity contribution in [1.82, 2.24) is 0 Å². The van der Waals surface area contributed by atoms with Gasteiger partial charge in [0, 0.05) is 24.6 Å². The lowest BCUT2D eigenvalue weighted by Crippen LogP contribution is -2.25. The highest BCUT2D eigenvalue weighted by molar-refractivity contribution is 7.86. The summed E-state index contributed by atoms with van der Waals surface area (Å²) in [5.41, 5.74) is 2.78. The first-order valence-electron chi connectivity index (χ1n) is 6.78. The fourth-order valence-electron chi connectivity index (χ4n) is 2.71. The van der Waals surface area contributed by atoms with Crippen LogP contribution >= 0.6 is 11.3 Å². The van der Waals surface area contributed by atoms with Crippen molar-refractivity contribution in [3.8, 4) is 11.1 Å². The molecule has 116 valence electrons. The molecular weight excluding hydrogens is 325 g/mol. The number of carbonyl (C=O) groups is 1. The maximum absolute atomic E-state index is 12.8. The van der Waals surface area contributed by atoms with Gasteiger partial charge in [0.15, 0.2) is 0 Å². The summed E-state index contributed by atoms with van der Waals surface area (Å²) >= 11 is 1.59. The Labute approximate surface area is 132 Å². The zero-order chi connectivity index (χ0) is 15.7. The predicted molar refractivity (Wildman–Crippen MR) is 85.1 cm³/mol. The van der Waals surface area contributed by atoms with Crippen molar-refractivity contribution in [3.63, 3.8) is 0 Å². The molecule has 7 heteroatoms. The lowest BCUT2D eigenvalue weighted by Gasteiger charge is -2.17. The van der Waals surface area contributed by atoms with Gasteiger partial charge in [0.05, 0.1) is 5.75 Å². The molecule has 1 aliphatic heterocycles.